The number of aromatic amines is 1. The summed E-state index contributed by atoms with van der Waals surface area (Å²) in [5, 5.41) is 14.0. The van der Waals surface area contributed by atoms with Gasteiger partial charge in [0.15, 0.2) is 0 Å². The Labute approximate surface area is 120 Å². The summed E-state index contributed by atoms with van der Waals surface area (Å²) in [6, 6.07) is 2.13. The molecule has 0 aliphatic heterocycles. The molecule has 0 unspecified atom stereocenters. The first-order valence-electron chi connectivity index (χ1n) is 6.65. The van der Waals surface area contributed by atoms with Crippen LogP contribution < -0.4 is 16.4 Å². The first kappa shape index (κ1) is 16.7. The van der Waals surface area contributed by atoms with E-state index in [9.17, 15) is 24.3 Å². The smallest absolute Gasteiger partial charge is 0.311 e. The fourth-order valence-corrected chi connectivity index (χ4v) is 1.93. The van der Waals surface area contributed by atoms with Crippen LogP contribution in [0.15, 0.2) is 21.7 Å². The predicted molar refractivity (Wildman–Crippen MR) is 75.0 cm³/mol. The molecule has 0 spiro atoms. The molecule has 1 aromatic heterocycles. The summed E-state index contributed by atoms with van der Waals surface area (Å²) in [4.78, 5) is 45.6. The zero-order valence-electron chi connectivity index (χ0n) is 12.0. The Hall–Kier alpha value is -2.38. The lowest BCUT2D eigenvalue weighted by Crippen LogP contribution is -2.44. The molecule has 21 heavy (non-hydrogen) atoms. The van der Waals surface area contributed by atoms with Crippen LogP contribution in [-0.2, 0) is 16.1 Å². The number of H-pyrrole nitrogens is 1. The molecule has 116 valence electrons. The number of aliphatic carboxylic acids is 1. The second kappa shape index (κ2) is 6.87. The summed E-state index contributed by atoms with van der Waals surface area (Å²) < 4.78 is 0.873. The molecule has 0 bridgehead atoms. The third-order valence-electron chi connectivity index (χ3n) is 3.62. The highest BCUT2D eigenvalue weighted by atomic mass is 16.4. The van der Waals surface area contributed by atoms with Gasteiger partial charge >= 0.3 is 5.97 Å². The summed E-state index contributed by atoms with van der Waals surface area (Å²) in [5.41, 5.74) is -2.03. The topological polar surface area (TPSA) is 121 Å². The van der Waals surface area contributed by atoms with Gasteiger partial charge in [0.2, 0.25) is 5.91 Å². The van der Waals surface area contributed by atoms with Gasteiger partial charge in [0.25, 0.3) is 11.1 Å². The van der Waals surface area contributed by atoms with Crippen molar-refractivity contribution in [2.24, 2.45) is 5.41 Å². The van der Waals surface area contributed by atoms with Crippen LogP contribution in [0, 0.1) is 5.41 Å². The number of nitrogens with zero attached hydrogens (tertiary/aromatic N) is 1. The molecule has 1 aromatic rings. The fourth-order valence-electron chi connectivity index (χ4n) is 1.93. The van der Waals surface area contributed by atoms with E-state index in [1.54, 1.807) is 13.8 Å². The minimum absolute atomic E-state index is 0.0278. The number of rotatable bonds is 7. The Kier molecular flexibility index (Phi) is 5.45. The van der Waals surface area contributed by atoms with Crippen LogP contribution in [0.3, 0.4) is 0 Å². The molecule has 8 heteroatoms. The third-order valence-corrected chi connectivity index (χ3v) is 3.62. The summed E-state index contributed by atoms with van der Waals surface area (Å²) in [5.74, 6) is -1.51. The van der Waals surface area contributed by atoms with E-state index in [1.165, 1.54) is 0 Å². The minimum atomic E-state index is -1.02. The monoisotopic (exact) mass is 297 g/mol. The average molecular weight is 297 g/mol. The van der Waals surface area contributed by atoms with Crippen molar-refractivity contribution in [2.75, 3.05) is 6.54 Å². The molecule has 0 atom stereocenters. The molecular weight excluding hydrogens is 278 g/mol. The molecule has 1 amide bonds. The second-order valence-corrected chi connectivity index (χ2v) is 4.80. The van der Waals surface area contributed by atoms with E-state index in [2.05, 4.69) is 10.4 Å². The number of amides is 1. The lowest BCUT2D eigenvalue weighted by Gasteiger charge is -2.26. The van der Waals surface area contributed by atoms with Gasteiger partial charge in [0.05, 0.1) is 5.41 Å². The van der Waals surface area contributed by atoms with Crippen LogP contribution >= 0.6 is 0 Å². The van der Waals surface area contributed by atoms with Crippen molar-refractivity contribution in [1.29, 1.82) is 0 Å². The quantitative estimate of drug-likeness (QED) is 0.629. The third kappa shape index (κ3) is 4.04. The van der Waals surface area contributed by atoms with Gasteiger partial charge in [-0.25, -0.2) is 4.68 Å². The van der Waals surface area contributed by atoms with E-state index < -0.39 is 28.4 Å². The van der Waals surface area contributed by atoms with E-state index in [1.807, 2.05) is 0 Å². The molecule has 0 aromatic carbocycles. The molecule has 0 radical (unpaired) electrons. The molecular formula is C13H19N3O5. The highest BCUT2D eigenvalue weighted by molar-refractivity contribution is 5.78. The number of carbonyl (C=O) groups excluding carboxylic acids is 1. The zero-order valence-corrected chi connectivity index (χ0v) is 12.0. The molecule has 0 aliphatic rings. The number of hydrogen-bond donors (Lipinski definition) is 3. The van der Waals surface area contributed by atoms with Gasteiger partial charge in [0, 0.05) is 18.7 Å². The zero-order chi connectivity index (χ0) is 16.0. The van der Waals surface area contributed by atoms with E-state index in [0.717, 1.165) is 16.8 Å². The van der Waals surface area contributed by atoms with Crippen molar-refractivity contribution >= 4 is 11.9 Å². The number of carboxylic acid groups (broad SMARTS) is 1. The van der Waals surface area contributed by atoms with Crippen molar-refractivity contribution in [2.45, 2.75) is 33.2 Å². The summed E-state index contributed by atoms with van der Waals surface area (Å²) in [7, 11) is 0. The van der Waals surface area contributed by atoms with Crippen LogP contribution in [0.4, 0.5) is 0 Å². The SMILES string of the molecule is CCC(CC)(CNC(=O)Cn1[nH]c(=O)ccc1=O)C(=O)O. The Morgan fingerprint density at radius 2 is 1.90 bits per heavy atom. The highest BCUT2D eigenvalue weighted by Gasteiger charge is 2.35. The molecule has 8 nitrogen and oxygen atoms in total. The van der Waals surface area contributed by atoms with Crippen LogP contribution in [-0.4, -0.2) is 33.3 Å². The van der Waals surface area contributed by atoms with Gasteiger partial charge in [0.1, 0.15) is 6.54 Å². The maximum Gasteiger partial charge on any atom is 0.311 e. The normalized spacial score (nSPS) is 11.1. The van der Waals surface area contributed by atoms with E-state index in [0.29, 0.717) is 12.8 Å². The largest absolute Gasteiger partial charge is 0.481 e. The van der Waals surface area contributed by atoms with Gasteiger partial charge in [-0.15, -0.1) is 0 Å². The van der Waals surface area contributed by atoms with Gasteiger partial charge < -0.3 is 10.4 Å². The highest BCUT2D eigenvalue weighted by Crippen LogP contribution is 2.25. The molecule has 1 heterocycles. The minimum Gasteiger partial charge on any atom is -0.481 e. The Morgan fingerprint density at radius 3 is 2.43 bits per heavy atom. The van der Waals surface area contributed by atoms with Gasteiger partial charge in [-0.2, -0.15) is 0 Å². The van der Waals surface area contributed by atoms with Crippen LogP contribution in [0.5, 0.6) is 0 Å². The van der Waals surface area contributed by atoms with Crippen molar-refractivity contribution in [3.8, 4) is 0 Å². The number of aromatic nitrogens is 2. The van der Waals surface area contributed by atoms with E-state index in [4.69, 9.17) is 0 Å². The summed E-state index contributed by atoms with van der Waals surface area (Å²) >= 11 is 0. The molecule has 1 rings (SSSR count). The molecule has 0 fully saturated rings. The van der Waals surface area contributed by atoms with Gasteiger partial charge in [-0.05, 0) is 12.8 Å². The number of nitrogens with one attached hydrogen (secondary N) is 2. The maximum absolute atomic E-state index is 11.8. The van der Waals surface area contributed by atoms with Crippen molar-refractivity contribution in [1.82, 2.24) is 15.1 Å². The Balaban J connectivity index is 2.74. The number of carboxylic acids is 1. The number of hydrogen-bond acceptors (Lipinski definition) is 4. The standard InChI is InChI=1S/C13H19N3O5/c1-3-13(4-2,12(20)21)8-14-10(18)7-16-11(19)6-5-9(17)15-16/h5-6H,3-4,7-8H2,1-2H3,(H,14,18)(H,15,17)(H,20,21). The lowest BCUT2D eigenvalue weighted by atomic mass is 9.82. The Bertz CT molecular complexity index is 627. The first-order chi connectivity index (χ1) is 9.84. The van der Waals surface area contributed by atoms with Crippen molar-refractivity contribution in [3.05, 3.63) is 32.8 Å². The molecule has 0 aliphatic carbocycles. The molecule has 3 N–H and O–H groups in total. The van der Waals surface area contributed by atoms with E-state index >= 15 is 0 Å². The number of carbonyl (C=O) groups is 2. The Morgan fingerprint density at radius 1 is 1.29 bits per heavy atom. The first-order valence-corrected chi connectivity index (χ1v) is 6.65. The van der Waals surface area contributed by atoms with Crippen molar-refractivity contribution in [3.63, 3.8) is 0 Å². The van der Waals surface area contributed by atoms with Crippen LogP contribution in [0.25, 0.3) is 0 Å². The average Bonchev–Trinajstić information content (AvgIpc) is 2.44. The fraction of sp³-hybridized carbons (Fsp3) is 0.538. The van der Waals surface area contributed by atoms with Gasteiger partial charge in [-0.1, -0.05) is 13.8 Å². The lowest BCUT2D eigenvalue weighted by molar-refractivity contribution is -0.149. The van der Waals surface area contributed by atoms with E-state index in [-0.39, 0.29) is 13.1 Å². The van der Waals surface area contributed by atoms with Crippen LogP contribution in [0.1, 0.15) is 26.7 Å². The van der Waals surface area contributed by atoms with Crippen LogP contribution in [0.2, 0.25) is 0 Å². The van der Waals surface area contributed by atoms with Crippen molar-refractivity contribution < 1.29 is 14.7 Å². The second-order valence-electron chi connectivity index (χ2n) is 4.80. The summed E-state index contributed by atoms with van der Waals surface area (Å²) in [6.45, 7) is 3.09. The van der Waals surface area contributed by atoms with Gasteiger partial charge in [-0.3, -0.25) is 24.3 Å². The maximum atomic E-state index is 11.8. The molecule has 0 saturated heterocycles. The summed E-state index contributed by atoms with van der Waals surface area (Å²) in [6.07, 6.45) is 0.752. The predicted octanol–water partition coefficient (Wildman–Crippen LogP) is -0.456. The molecule has 0 saturated carbocycles.